The van der Waals surface area contributed by atoms with Crippen LogP contribution in [0, 0.1) is 23.0 Å². The van der Waals surface area contributed by atoms with Gasteiger partial charge in [0.25, 0.3) is 0 Å². The van der Waals surface area contributed by atoms with E-state index in [0.717, 1.165) is 22.5 Å². The predicted molar refractivity (Wildman–Crippen MR) is 110 cm³/mol. The number of nitrogens with one attached hydrogen (secondary N) is 1. The topological polar surface area (TPSA) is 101 Å². The number of benzene rings is 2. The van der Waals surface area contributed by atoms with E-state index in [0.29, 0.717) is 29.9 Å². The van der Waals surface area contributed by atoms with E-state index in [4.69, 9.17) is 5.73 Å². The molecule has 0 unspecified atom stereocenters. The second-order valence-corrected chi connectivity index (χ2v) is 6.60. The number of pyridine rings is 1. The zero-order valence-corrected chi connectivity index (χ0v) is 15.7. The van der Waals surface area contributed by atoms with E-state index in [2.05, 4.69) is 20.3 Å². The molecule has 0 aliphatic rings. The third-order valence-corrected chi connectivity index (χ3v) is 4.68. The molecule has 4 aromatic rings. The predicted octanol–water partition coefficient (Wildman–Crippen LogP) is 4.08. The molecule has 8 heteroatoms. The monoisotopic (exact) mass is 402 g/mol. The Morgan fingerprint density at radius 2 is 1.80 bits per heavy atom. The lowest BCUT2D eigenvalue weighted by Crippen LogP contribution is -2.10. The summed E-state index contributed by atoms with van der Waals surface area (Å²) in [6.07, 6.45) is 3.44. The summed E-state index contributed by atoms with van der Waals surface area (Å²) in [4.78, 5) is 12.3. The van der Waals surface area contributed by atoms with Gasteiger partial charge < -0.3 is 11.1 Å². The Morgan fingerprint density at radius 3 is 2.57 bits per heavy atom. The Hall–Kier alpha value is -4.12. The Balaban J connectivity index is 1.71. The minimum absolute atomic E-state index is 0.0956. The molecule has 3 N–H and O–H groups in total. The van der Waals surface area contributed by atoms with Crippen molar-refractivity contribution in [2.75, 3.05) is 17.6 Å². The number of hydrogen-bond acceptors (Lipinski definition) is 6. The van der Waals surface area contributed by atoms with Crippen LogP contribution in [-0.2, 0) is 6.42 Å². The van der Waals surface area contributed by atoms with E-state index < -0.39 is 11.6 Å². The number of nitrogens with zero attached hydrogens (tertiary/aromatic N) is 4. The molecule has 6 nitrogen and oxygen atoms in total. The molecule has 0 atom stereocenters. The molecule has 0 saturated carbocycles. The van der Waals surface area contributed by atoms with Gasteiger partial charge in [-0.25, -0.2) is 18.7 Å². The zero-order valence-electron chi connectivity index (χ0n) is 15.7. The van der Waals surface area contributed by atoms with Gasteiger partial charge in [-0.3, -0.25) is 4.98 Å². The summed E-state index contributed by atoms with van der Waals surface area (Å²) in [6.45, 7) is 0.399. The summed E-state index contributed by atoms with van der Waals surface area (Å²) in [5.41, 5.74) is 8.55. The second-order valence-electron chi connectivity index (χ2n) is 6.60. The van der Waals surface area contributed by atoms with Gasteiger partial charge in [-0.05, 0) is 41.3 Å². The highest BCUT2D eigenvalue weighted by molar-refractivity contribution is 5.96. The van der Waals surface area contributed by atoms with E-state index in [-0.39, 0.29) is 11.4 Å². The molecule has 2 aromatic carbocycles. The van der Waals surface area contributed by atoms with Crippen LogP contribution in [-0.4, -0.2) is 21.5 Å². The molecule has 0 radical (unpaired) electrons. The summed E-state index contributed by atoms with van der Waals surface area (Å²) in [5.74, 6) is -0.870. The van der Waals surface area contributed by atoms with E-state index in [1.807, 2.05) is 30.3 Å². The average molecular weight is 402 g/mol. The van der Waals surface area contributed by atoms with Gasteiger partial charge >= 0.3 is 0 Å². The first-order valence-electron chi connectivity index (χ1n) is 9.14. The molecule has 2 heterocycles. The number of nitrogen functional groups attached to an aromatic ring is 1. The molecule has 148 valence electrons. The molecule has 30 heavy (non-hydrogen) atoms. The number of halogens is 2. The summed E-state index contributed by atoms with van der Waals surface area (Å²) in [7, 11) is 0. The van der Waals surface area contributed by atoms with Crippen LogP contribution in [0.2, 0.25) is 0 Å². The van der Waals surface area contributed by atoms with Crippen molar-refractivity contribution in [3.05, 3.63) is 77.8 Å². The summed E-state index contributed by atoms with van der Waals surface area (Å²) in [6, 6.07) is 12.9. The van der Waals surface area contributed by atoms with E-state index in [1.165, 1.54) is 18.5 Å². The van der Waals surface area contributed by atoms with Crippen LogP contribution in [0.4, 0.5) is 20.4 Å². The fourth-order valence-corrected chi connectivity index (χ4v) is 3.37. The molecule has 0 aliphatic heterocycles. The van der Waals surface area contributed by atoms with Gasteiger partial charge in [0.05, 0.1) is 5.52 Å². The second kappa shape index (κ2) is 8.09. The fraction of sp³-hybridized carbons (Fsp3) is 0.0909. The van der Waals surface area contributed by atoms with Crippen molar-refractivity contribution >= 4 is 22.5 Å². The maximum absolute atomic E-state index is 13.9. The van der Waals surface area contributed by atoms with Gasteiger partial charge in [0.1, 0.15) is 41.2 Å². The number of anilines is 2. The molecule has 0 bridgehead atoms. The molecule has 2 aromatic heterocycles. The molecule has 0 saturated heterocycles. The van der Waals surface area contributed by atoms with Crippen LogP contribution >= 0.6 is 0 Å². The minimum atomic E-state index is -0.648. The van der Waals surface area contributed by atoms with E-state index >= 15 is 0 Å². The van der Waals surface area contributed by atoms with Crippen LogP contribution < -0.4 is 11.1 Å². The van der Waals surface area contributed by atoms with Crippen molar-refractivity contribution in [1.82, 2.24) is 15.0 Å². The molecule has 0 amide bonds. The molecule has 0 aliphatic carbocycles. The van der Waals surface area contributed by atoms with Gasteiger partial charge in [-0.2, -0.15) is 5.26 Å². The van der Waals surface area contributed by atoms with Crippen molar-refractivity contribution in [2.45, 2.75) is 6.42 Å². The van der Waals surface area contributed by atoms with Crippen LogP contribution in [0.3, 0.4) is 0 Å². The number of rotatable bonds is 5. The Kier molecular flexibility index (Phi) is 5.18. The third kappa shape index (κ3) is 3.73. The highest BCUT2D eigenvalue weighted by Crippen LogP contribution is 2.32. The molecule has 4 rings (SSSR count). The summed E-state index contributed by atoms with van der Waals surface area (Å²) < 4.78 is 27.8. The molecule has 0 spiro atoms. The summed E-state index contributed by atoms with van der Waals surface area (Å²) >= 11 is 0. The van der Waals surface area contributed by atoms with E-state index in [9.17, 15) is 14.0 Å². The quantitative estimate of drug-likeness (QED) is 0.522. The maximum atomic E-state index is 13.9. The van der Waals surface area contributed by atoms with Crippen LogP contribution in [0.15, 0.2) is 55.0 Å². The highest BCUT2D eigenvalue weighted by atomic mass is 19.1. The standard InChI is InChI=1S/C22H16F2N6/c23-15-7-14(8-16(24)9-15)20-13(11-28-19-4-2-1-3-17(19)20)5-6-27-22-18(10-25)21(26)29-12-30-22/h1-4,7-9,11-12H,5-6H2,(H3,26,27,29,30). The Labute approximate surface area is 171 Å². The SMILES string of the molecule is N#Cc1c(N)ncnc1NCCc1cnc2ccccc2c1-c1cc(F)cc(F)c1. The van der Waals surface area contributed by atoms with Crippen molar-refractivity contribution in [1.29, 1.82) is 5.26 Å². The largest absolute Gasteiger partial charge is 0.382 e. The minimum Gasteiger partial charge on any atom is -0.382 e. The maximum Gasteiger partial charge on any atom is 0.149 e. The van der Waals surface area contributed by atoms with Crippen LogP contribution in [0.1, 0.15) is 11.1 Å². The first-order chi connectivity index (χ1) is 14.6. The zero-order chi connectivity index (χ0) is 21.1. The van der Waals surface area contributed by atoms with Crippen LogP contribution in [0.25, 0.3) is 22.0 Å². The fourth-order valence-electron chi connectivity index (χ4n) is 3.37. The molecular formula is C22H16F2N6. The molecular weight excluding hydrogens is 386 g/mol. The number of nitrogens with two attached hydrogens (primary N) is 1. The smallest absolute Gasteiger partial charge is 0.149 e. The van der Waals surface area contributed by atoms with Gasteiger partial charge in [0, 0.05) is 24.2 Å². The molecule has 0 fully saturated rings. The van der Waals surface area contributed by atoms with Crippen LogP contribution in [0.5, 0.6) is 0 Å². The number of aromatic nitrogens is 3. The van der Waals surface area contributed by atoms with Gasteiger partial charge in [-0.15, -0.1) is 0 Å². The number of nitriles is 1. The lowest BCUT2D eigenvalue weighted by molar-refractivity contribution is 0.584. The normalized spacial score (nSPS) is 10.7. The lowest BCUT2D eigenvalue weighted by atomic mass is 9.94. The Bertz CT molecular complexity index is 1260. The van der Waals surface area contributed by atoms with Crippen molar-refractivity contribution < 1.29 is 8.78 Å². The first kappa shape index (κ1) is 19.2. The number of hydrogen-bond donors (Lipinski definition) is 2. The third-order valence-electron chi connectivity index (χ3n) is 4.68. The first-order valence-corrected chi connectivity index (χ1v) is 9.14. The summed E-state index contributed by atoms with van der Waals surface area (Å²) in [5, 5.41) is 13.1. The average Bonchev–Trinajstić information content (AvgIpc) is 2.73. The van der Waals surface area contributed by atoms with Gasteiger partial charge in [0.2, 0.25) is 0 Å². The van der Waals surface area contributed by atoms with Crippen molar-refractivity contribution in [3.8, 4) is 17.2 Å². The van der Waals surface area contributed by atoms with Gasteiger partial charge in [0.15, 0.2) is 0 Å². The number of fused-ring (bicyclic) bond motifs is 1. The Morgan fingerprint density at radius 1 is 1.03 bits per heavy atom. The van der Waals surface area contributed by atoms with Gasteiger partial charge in [-0.1, -0.05) is 18.2 Å². The number of para-hydroxylation sites is 1. The van der Waals surface area contributed by atoms with E-state index in [1.54, 1.807) is 6.20 Å². The van der Waals surface area contributed by atoms with Crippen molar-refractivity contribution in [3.63, 3.8) is 0 Å². The lowest BCUT2D eigenvalue weighted by Gasteiger charge is -2.14. The highest BCUT2D eigenvalue weighted by Gasteiger charge is 2.14. The van der Waals surface area contributed by atoms with Crippen molar-refractivity contribution in [2.24, 2.45) is 0 Å².